The van der Waals surface area contributed by atoms with E-state index < -0.39 is 92.2 Å². The van der Waals surface area contributed by atoms with E-state index in [4.69, 9.17) is 36.1 Å². The number of aliphatic hydroxyl groups is 6. The lowest BCUT2D eigenvalue weighted by Crippen LogP contribution is -2.68. The fourth-order valence-corrected chi connectivity index (χ4v) is 4.45. The summed E-state index contributed by atoms with van der Waals surface area (Å²) < 4.78 is 22.4. The van der Waals surface area contributed by atoms with Crippen LogP contribution in [0, 0.1) is 0 Å². The van der Waals surface area contributed by atoms with Gasteiger partial charge in [-0.25, -0.2) is 0 Å². The molecule has 1 saturated carbocycles. The summed E-state index contributed by atoms with van der Waals surface area (Å²) in [6, 6.07) is -3.37. The van der Waals surface area contributed by atoms with Crippen molar-refractivity contribution >= 4 is 0 Å². The van der Waals surface area contributed by atoms with Crippen LogP contribution < -0.4 is 22.5 Å². The molecule has 14 heteroatoms. The van der Waals surface area contributed by atoms with E-state index in [2.05, 4.69) is 5.32 Å². The van der Waals surface area contributed by atoms with Crippen molar-refractivity contribution < 1.29 is 49.6 Å². The van der Waals surface area contributed by atoms with E-state index in [9.17, 15) is 30.6 Å². The summed E-state index contributed by atoms with van der Waals surface area (Å²) in [6.07, 6.45) is -12.0. The van der Waals surface area contributed by atoms with Crippen molar-refractivity contribution in [2.24, 2.45) is 17.2 Å². The fraction of sp³-hybridized carbons (Fsp3) is 1.00. The second-order valence-corrected chi connectivity index (χ2v) is 8.61. The molecule has 0 amide bonds. The van der Waals surface area contributed by atoms with Gasteiger partial charge >= 0.3 is 0 Å². The zero-order valence-corrected chi connectivity index (χ0v) is 17.8. The first-order chi connectivity index (χ1) is 15.1. The number of nitrogens with two attached hydrogens (primary N) is 3. The van der Waals surface area contributed by atoms with Crippen LogP contribution in [-0.2, 0) is 18.9 Å². The molecular weight excluding hydrogens is 432 g/mol. The van der Waals surface area contributed by atoms with Gasteiger partial charge in [0.05, 0.1) is 31.4 Å². The van der Waals surface area contributed by atoms with Crippen LogP contribution >= 0.6 is 0 Å². The molecule has 32 heavy (non-hydrogen) atoms. The first-order valence-electron chi connectivity index (χ1n) is 10.6. The molecule has 13 N–H and O–H groups in total. The average molecular weight is 469 g/mol. The molecule has 3 aliphatic rings. The summed E-state index contributed by atoms with van der Waals surface area (Å²) in [5.41, 5.74) is 18.2. The van der Waals surface area contributed by atoms with Crippen molar-refractivity contribution in [2.45, 2.75) is 92.0 Å². The number of hydrogen-bond acceptors (Lipinski definition) is 14. The monoisotopic (exact) mass is 468 g/mol. The highest BCUT2D eigenvalue weighted by Gasteiger charge is 2.50. The SMILES string of the molecule is CN[C@H]1[C@H](O)[C@H](O[C@@H]2[C@@H](O)[C@H](O[C@H]3O[C@H](CO)[C@@H](O)[C@H](O)[C@H]3N)[C@@H](N)C[C@H]2N)OC[C@@H]1O. The Morgan fingerprint density at radius 2 is 1.47 bits per heavy atom. The summed E-state index contributed by atoms with van der Waals surface area (Å²) in [7, 11) is 1.57. The standard InChI is InChI=1S/C18H36N4O10/c1-22-10-7(24)4-29-18(13(10)27)32-16-6(20)2-5(19)15(14(16)28)31-17-9(21)12(26)11(25)8(3-23)30-17/h5-18,22-28H,2-4,19-21H2,1H3/t5-,6+,7-,8+,9+,10+,11+,12+,13-,14-,15+,16-,17+,18-/m0/s1. The van der Waals surface area contributed by atoms with Gasteiger partial charge in [0, 0.05) is 12.1 Å². The lowest BCUT2D eigenvalue weighted by Gasteiger charge is -2.47. The second kappa shape index (κ2) is 10.8. The normalized spacial score (nSPS) is 52.7. The maximum atomic E-state index is 10.9. The van der Waals surface area contributed by atoms with Gasteiger partial charge in [0.1, 0.15) is 42.7 Å². The van der Waals surface area contributed by atoms with Gasteiger partial charge in [-0.05, 0) is 13.5 Å². The van der Waals surface area contributed by atoms with E-state index in [0.29, 0.717) is 0 Å². The first-order valence-corrected chi connectivity index (χ1v) is 10.6. The summed E-state index contributed by atoms with van der Waals surface area (Å²) in [6.45, 7) is -0.686. The van der Waals surface area contributed by atoms with Gasteiger partial charge in [0.2, 0.25) is 0 Å². The highest BCUT2D eigenvalue weighted by atomic mass is 16.7. The molecule has 14 atom stereocenters. The van der Waals surface area contributed by atoms with Gasteiger partial charge in [-0.15, -0.1) is 0 Å². The van der Waals surface area contributed by atoms with Crippen molar-refractivity contribution in [3.63, 3.8) is 0 Å². The average Bonchev–Trinajstić information content (AvgIpc) is 2.75. The molecule has 0 aromatic rings. The Morgan fingerprint density at radius 1 is 0.875 bits per heavy atom. The predicted octanol–water partition coefficient (Wildman–Crippen LogP) is -6.39. The minimum Gasteiger partial charge on any atom is -0.394 e. The predicted molar refractivity (Wildman–Crippen MR) is 107 cm³/mol. The third kappa shape index (κ3) is 5.08. The third-order valence-corrected chi connectivity index (χ3v) is 6.40. The highest BCUT2D eigenvalue weighted by molar-refractivity contribution is 5.01. The minimum absolute atomic E-state index is 0.0989. The van der Waals surface area contributed by atoms with Crippen molar-refractivity contribution in [3.05, 3.63) is 0 Å². The quantitative estimate of drug-likeness (QED) is 0.174. The molecule has 0 aromatic carbocycles. The summed E-state index contributed by atoms with van der Waals surface area (Å²) in [4.78, 5) is 0. The van der Waals surface area contributed by atoms with E-state index in [1.807, 2.05) is 0 Å². The highest BCUT2D eigenvalue weighted by Crippen LogP contribution is 2.30. The van der Waals surface area contributed by atoms with Gasteiger partial charge in [-0.3, -0.25) is 0 Å². The number of ether oxygens (including phenoxy) is 4. The van der Waals surface area contributed by atoms with Gasteiger partial charge in [-0.1, -0.05) is 0 Å². The zero-order chi connectivity index (χ0) is 23.7. The van der Waals surface area contributed by atoms with Crippen molar-refractivity contribution in [1.29, 1.82) is 0 Å². The number of aliphatic hydroxyl groups excluding tert-OH is 6. The number of nitrogens with one attached hydrogen (secondary N) is 1. The lowest BCUT2D eigenvalue weighted by atomic mass is 9.84. The Bertz CT molecular complexity index is 606. The van der Waals surface area contributed by atoms with E-state index in [1.165, 1.54) is 0 Å². The lowest BCUT2D eigenvalue weighted by molar-refractivity contribution is -0.311. The van der Waals surface area contributed by atoms with E-state index in [0.717, 1.165) is 0 Å². The molecule has 2 heterocycles. The van der Waals surface area contributed by atoms with Crippen LogP contribution in [-0.4, -0.2) is 136 Å². The van der Waals surface area contributed by atoms with Crippen LogP contribution in [0.3, 0.4) is 0 Å². The van der Waals surface area contributed by atoms with E-state index in [-0.39, 0.29) is 13.0 Å². The summed E-state index contributed by atoms with van der Waals surface area (Å²) >= 11 is 0. The Labute approximate surface area is 185 Å². The Hall–Kier alpha value is -0.560. The molecule has 0 aromatic heterocycles. The van der Waals surface area contributed by atoms with Crippen molar-refractivity contribution in [3.8, 4) is 0 Å². The van der Waals surface area contributed by atoms with Crippen LogP contribution in [0.5, 0.6) is 0 Å². The summed E-state index contributed by atoms with van der Waals surface area (Å²) in [5, 5.41) is 63.6. The van der Waals surface area contributed by atoms with Crippen LogP contribution in [0.1, 0.15) is 6.42 Å². The molecule has 3 rings (SSSR count). The largest absolute Gasteiger partial charge is 0.394 e. The molecule has 0 spiro atoms. The van der Waals surface area contributed by atoms with Crippen LogP contribution in [0.25, 0.3) is 0 Å². The maximum Gasteiger partial charge on any atom is 0.185 e. The minimum atomic E-state index is -1.44. The number of likely N-dealkylation sites (N-methyl/N-ethyl adjacent to an activating group) is 1. The maximum absolute atomic E-state index is 10.9. The van der Waals surface area contributed by atoms with Gasteiger partial charge in [0.15, 0.2) is 12.6 Å². The topological polar surface area (TPSA) is 248 Å². The molecule has 1 aliphatic carbocycles. The van der Waals surface area contributed by atoms with E-state index >= 15 is 0 Å². The Kier molecular flexibility index (Phi) is 8.79. The molecule has 0 radical (unpaired) electrons. The molecule has 0 unspecified atom stereocenters. The van der Waals surface area contributed by atoms with Gasteiger partial charge < -0.3 is 72.1 Å². The molecule has 3 fully saturated rings. The smallest absolute Gasteiger partial charge is 0.185 e. The van der Waals surface area contributed by atoms with E-state index in [1.54, 1.807) is 7.05 Å². The summed E-state index contributed by atoms with van der Waals surface area (Å²) in [5.74, 6) is 0. The molecular formula is C18H36N4O10. The van der Waals surface area contributed by atoms with Gasteiger partial charge in [0.25, 0.3) is 0 Å². The Morgan fingerprint density at radius 3 is 2.03 bits per heavy atom. The zero-order valence-electron chi connectivity index (χ0n) is 17.8. The molecule has 2 aliphatic heterocycles. The first kappa shape index (κ1) is 26.1. The van der Waals surface area contributed by atoms with Crippen molar-refractivity contribution in [2.75, 3.05) is 20.3 Å². The molecule has 14 nitrogen and oxygen atoms in total. The third-order valence-electron chi connectivity index (χ3n) is 6.40. The van der Waals surface area contributed by atoms with Crippen LogP contribution in [0.2, 0.25) is 0 Å². The van der Waals surface area contributed by atoms with Crippen molar-refractivity contribution in [1.82, 2.24) is 5.32 Å². The molecule has 0 bridgehead atoms. The van der Waals surface area contributed by atoms with Gasteiger partial charge in [-0.2, -0.15) is 0 Å². The number of rotatable bonds is 6. The number of hydrogen-bond donors (Lipinski definition) is 10. The Balaban J connectivity index is 1.70. The van der Waals surface area contributed by atoms with Crippen LogP contribution in [0.4, 0.5) is 0 Å². The fourth-order valence-electron chi connectivity index (χ4n) is 4.45. The van der Waals surface area contributed by atoms with Crippen LogP contribution in [0.15, 0.2) is 0 Å². The second-order valence-electron chi connectivity index (χ2n) is 8.61. The molecule has 2 saturated heterocycles. The molecule has 188 valence electrons.